The molecule has 0 amide bonds. The van der Waals surface area contributed by atoms with Gasteiger partial charge in [0.25, 0.3) is 0 Å². The molecule has 0 unspecified atom stereocenters. The van der Waals surface area contributed by atoms with Gasteiger partial charge in [0.05, 0.1) is 5.52 Å². The van der Waals surface area contributed by atoms with Gasteiger partial charge in [-0.2, -0.15) is 10.1 Å². The molecule has 158 valence electrons. The summed E-state index contributed by atoms with van der Waals surface area (Å²) < 4.78 is 5.50. The molecule has 1 aromatic carbocycles. The number of rotatable bonds is 4. The monoisotopic (exact) mass is 424 g/mol. The van der Waals surface area contributed by atoms with E-state index in [0.717, 1.165) is 59.7 Å². The third kappa shape index (κ3) is 3.33. The Bertz CT molecular complexity index is 1350. The van der Waals surface area contributed by atoms with Gasteiger partial charge >= 0.3 is 6.01 Å². The third-order valence-corrected chi connectivity index (χ3v) is 5.70. The van der Waals surface area contributed by atoms with Crippen molar-refractivity contribution in [1.29, 1.82) is 0 Å². The predicted molar refractivity (Wildman–Crippen MR) is 121 cm³/mol. The van der Waals surface area contributed by atoms with Crippen molar-refractivity contribution in [2.75, 3.05) is 36.0 Å². The first kappa shape index (κ1) is 18.5. The fraction of sp³-hybridized carbons (Fsp3) is 0.174. The Morgan fingerprint density at radius 1 is 0.875 bits per heavy atom. The maximum atomic E-state index is 5.50. The van der Waals surface area contributed by atoms with E-state index in [-0.39, 0.29) is 0 Å². The van der Waals surface area contributed by atoms with Gasteiger partial charge in [-0.3, -0.25) is 10.1 Å². The van der Waals surface area contributed by atoms with Crippen molar-refractivity contribution < 1.29 is 4.52 Å². The number of aromatic amines is 1. The molecular weight excluding hydrogens is 404 g/mol. The number of nitrogens with one attached hydrogen (secondary N) is 1. The molecule has 9 heteroatoms. The summed E-state index contributed by atoms with van der Waals surface area (Å²) in [5.74, 6) is 1.49. The zero-order valence-corrected chi connectivity index (χ0v) is 17.2. The minimum atomic E-state index is 0.535. The minimum absolute atomic E-state index is 0.535. The molecular formula is C23H20N8O. The first-order chi connectivity index (χ1) is 15.8. The van der Waals surface area contributed by atoms with Crippen molar-refractivity contribution in [2.24, 2.45) is 0 Å². The third-order valence-electron chi connectivity index (χ3n) is 5.70. The molecule has 0 atom stereocenters. The van der Waals surface area contributed by atoms with Crippen LogP contribution in [0.1, 0.15) is 0 Å². The van der Waals surface area contributed by atoms with Crippen LogP contribution in [-0.4, -0.2) is 56.5 Å². The van der Waals surface area contributed by atoms with Crippen LogP contribution < -0.4 is 9.80 Å². The highest BCUT2D eigenvalue weighted by Gasteiger charge is 2.23. The molecule has 0 spiro atoms. The lowest BCUT2D eigenvalue weighted by Gasteiger charge is -2.34. The molecule has 1 saturated heterocycles. The average molecular weight is 424 g/mol. The summed E-state index contributed by atoms with van der Waals surface area (Å²) in [6.07, 6.45) is 5.30. The lowest BCUT2D eigenvalue weighted by molar-refractivity contribution is 0.409. The molecule has 1 fully saturated rings. The fourth-order valence-electron chi connectivity index (χ4n) is 4.01. The van der Waals surface area contributed by atoms with E-state index in [1.807, 2.05) is 42.6 Å². The lowest BCUT2D eigenvalue weighted by Crippen LogP contribution is -2.47. The summed E-state index contributed by atoms with van der Waals surface area (Å²) in [4.78, 5) is 17.6. The van der Waals surface area contributed by atoms with Crippen molar-refractivity contribution in [2.45, 2.75) is 0 Å². The summed E-state index contributed by atoms with van der Waals surface area (Å²) >= 11 is 0. The highest BCUT2D eigenvalue weighted by Crippen LogP contribution is 2.28. The topological polar surface area (TPSA) is 99.9 Å². The number of para-hydroxylation sites is 1. The van der Waals surface area contributed by atoms with Gasteiger partial charge in [0.1, 0.15) is 11.5 Å². The zero-order valence-electron chi connectivity index (χ0n) is 17.2. The second kappa shape index (κ2) is 7.77. The van der Waals surface area contributed by atoms with Crippen LogP contribution in [0.15, 0.2) is 71.6 Å². The largest absolute Gasteiger partial charge is 0.353 e. The van der Waals surface area contributed by atoms with Crippen LogP contribution in [0.25, 0.3) is 33.5 Å². The van der Waals surface area contributed by atoms with Crippen LogP contribution in [0.5, 0.6) is 0 Å². The van der Waals surface area contributed by atoms with Crippen molar-refractivity contribution in [3.05, 3.63) is 67.1 Å². The molecule has 0 aliphatic carbocycles. The Morgan fingerprint density at radius 2 is 1.75 bits per heavy atom. The van der Waals surface area contributed by atoms with Crippen molar-refractivity contribution >= 4 is 22.7 Å². The molecule has 6 rings (SSSR count). The van der Waals surface area contributed by atoms with Crippen LogP contribution in [0.2, 0.25) is 0 Å². The maximum absolute atomic E-state index is 5.50. The number of fused-ring (bicyclic) bond motifs is 1. The van der Waals surface area contributed by atoms with Gasteiger partial charge in [0.2, 0.25) is 5.82 Å². The van der Waals surface area contributed by atoms with Crippen molar-refractivity contribution in [3.8, 4) is 22.6 Å². The molecule has 0 saturated carbocycles. The number of pyridine rings is 2. The smallest absolute Gasteiger partial charge is 0.324 e. The van der Waals surface area contributed by atoms with Gasteiger partial charge in [0.15, 0.2) is 0 Å². The van der Waals surface area contributed by atoms with Crippen LogP contribution >= 0.6 is 0 Å². The number of piperazine rings is 1. The van der Waals surface area contributed by atoms with Gasteiger partial charge in [-0.25, -0.2) is 4.98 Å². The molecule has 4 aromatic heterocycles. The van der Waals surface area contributed by atoms with Crippen LogP contribution in [0.3, 0.4) is 0 Å². The molecule has 0 bridgehead atoms. The minimum Gasteiger partial charge on any atom is -0.353 e. The first-order valence-electron chi connectivity index (χ1n) is 10.5. The zero-order chi connectivity index (χ0) is 21.3. The van der Waals surface area contributed by atoms with Gasteiger partial charge in [-0.1, -0.05) is 23.4 Å². The average Bonchev–Trinajstić information content (AvgIpc) is 3.53. The predicted octanol–water partition coefficient (Wildman–Crippen LogP) is 3.40. The molecule has 1 aliphatic heterocycles. The normalized spacial score (nSPS) is 14.2. The Kier molecular flexibility index (Phi) is 4.49. The number of H-pyrrole nitrogens is 1. The van der Waals surface area contributed by atoms with Crippen LogP contribution in [0.4, 0.5) is 11.8 Å². The van der Waals surface area contributed by atoms with Gasteiger partial charge < -0.3 is 14.3 Å². The Hall–Kier alpha value is -4.27. The fourth-order valence-corrected chi connectivity index (χ4v) is 4.01. The molecule has 5 heterocycles. The lowest BCUT2D eigenvalue weighted by atomic mass is 10.1. The second-order valence-electron chi connectivity index (χ2n) is 7.64. The summed E-state index contributed by atoms with van der Waals surface area (Å²) in [5.41, 5.74) is 3.86. The molecule has 1 aliphatic rings. The summed E-state index contributed by atoms with van der Waals surface area (Å²) in [6, 6.07) is 16.6. The highest BCUT2D eigenvalue weighted by molar-refractivity contribution is 5.93. The molecule has 9 nitrogen and oxygen atoms in total. The number of hydrogen-bond donors (Lipinski definition) is 1. The van der Waals surface area contributed by atoms with Gasteiger partial charge in [-0.05, 0) is 30.3 Å². The van der Waals surface area contributed by atoms with Crippen molar-refractivity contribution in [1.82, 2.24) is 30.3 Å². The second-order valence-corrected chi connectivity index (χ2v) is 7.64. The van der Waals surface area contributed by atoms with E-state index in [4.69, 9.17) is 4.52 Å². The number of nitrogens with zero attached hydrogens (tertiary/aromatic N) is 7. The maximum Gasteiger partial charge on any atom is 0.324 e. The van der Waals surface area contributed by atoms with E-state index >= 15 is 0 Å². The van der Waals surface area contributed by atoms with Crippen LogP contribution in [0, 0.1) is 0 Å². The van der Waals surface area contributed by atoms with E-state index < -0.39 is 0 Å². The van der Waals surface area contributed by atoms with E-state index in [1.165, 1.54) is 0 Å². The number of aromatic nitrogens is 6. The van der Waals surface area contributed by atoms with Crippen LogP contribution in [-0.2, 0) is 0 Å². The Balaban J connectivity index is 1.18. The first-order valence-corrected chi connectivity index (χ1v) is 10.5. The standard InChI is InChI=1S/C23H20N8O/c1-2-6-19-18(5-1)21(28-27-19)16-7-9-25-20(14-16)30-10-12-31(13-11-30)23-26-22(29-32-23)17-4-3-8-24-15-17/h1-9,14-15H,10-13H2,(H,27,28). The van der Waals surface area contributed by atoms with E-state index in [9.17, 15) is 0 Å². The van der Waals surface area contributed by atoms with E-state index in [1.54, 1.807) is 12.4 Å². The van der Waals surface area contributed by atoms with Gasteiger partial charge in [-0.15, -0.1) is 0 Å². The quantitative estimate of drug-likeness (QED) is 0.469. The molecule has 1 N–H and O–H groups in total. The Labute approximate surface area is 183 Å². The summed E-state index contributed by atoms with van der Waals surface area (Å²) in [7, 11) is 0. The number of hydrogen-bond acceptors (Lipinski definition) is 8. The SMILES string of the molecule is c1cncc(-c2noc(N3CCN(c4cc(-c5n[nH]c6ccccc56)ccn4)CC3)n2)c1. The van der Waals surface area contributed by atoms with E-state index in [2.05, 4.69) is 52.2 Å². The van der Waals surface area contributed by atoms with E-state index in [0.29, 0.717) is 11.8 Å². The summed E-state index contributed by atoms with van der Waals surface area (Å²) in [6.45, 7) is 3.16. The number of anilines is 2. The highest BCUT2D eigenvalue weighted by atomic mass is 16.5. The Morgan fingerprint density at radius 3 is 2.62 bits per heavy atom. The molecule has 5 aromatic rings. The number of benzene rings is 1. The summed E-state index contributed by atoms with van der Waals surface area (Å²) in [5, 5.41) is 12.8. The van der Waals surface area contributed by atoms with Crippen molar-refractivity contribution in [3.63, 3.8) is 0 Å². The van der Waals surface area contributed by atoms with Gasteiger partial charge in [0, 0.05) is 61.3 Å². The molecule has 32 heavy (non-hydrogen) atoms. The molecule has 0 radical (unpaired) electrons.